The number of benzene rings is 1. The van der Waals surface area contributed by atoms with E-state index in [0.29, 0.717) is 6.04 Å². The third-order valence-electron chi connectivity index (χ3n) is 2.30. The first-order valence-corrected chi connectivity index (χ1v) is 6.50. The molecule has 0 bridgehead atoms. The van der Waals surface area contributed by atoms with Gasteiger partial charge in [-0.2, -0.15) is 0 Å². The normalized spacial score (nSPS) is 12.5. The van der Waals surface area contributed by atoms with E-state index in [1.165, 1.54) is 10.6 Å². The Morgan fingerprint density at radius 3 is 2.80 bits per heavy atom. The Balaban J connectivity index is 2.55. The third-order valence-corrected chi connectivity index (χ3v) is 3.10. The number of aliphatic hydroxyl groups excluding tert-OH is 1. The van der Waals surface area contributed by atoms with Crippen LogP contribution >= 0.6 is 11.8 Å². The van der Waals surface area contributed by atoms with Gasteiger partial charge in [-0.3, -0.25) is 0 Å². The Morgan fingerprint density at radius 1 is 1.40 bits per heavy atom. The van der Waals surface area contributed by atoms with Gasteiger partial charge in [0.15, 0.2) is 0 Å². The molecule has 0 aliphatic heterocycles. The van der Waals surface area contributed by atoms with Crippen molar-refractivity contribution in [1.82, 2.24) is 0 Å². The first-order valence-electron chi connectivity index (χ1n) is 5.28. The van der Waals surface area contributed by atoms with Crippen molar-refractivity contribution in [3.63, 3.8) is 0 Å². The molecular formula is C12H19NOS. The molecule has 0 heterocycles. The average molecular weight is 225 g/mol. The molecule has 1 rings (SSSR count). The fourth-order valence-electron chi connectivity index (χ4n) is 1.50. The number of hydrogen-bond donors (Lipinski definition) is 2. The van der Waals surface area contributed by atoms with Crippen molar-refractivity contribution in [2.75, 3.05) is 18.2 Å². The van der Waals surface area contributed by atoms with Crippen LogP contribution in [-0.4, -0.2) is 24.0 Å². The maximum atomic E-state index is 8.75. The first kappa shape index (κ1) is 12.4. The lowest BCUT2D eigenvalue weighted by molar-refractivity contribution is 0.282. The summed E-state index contributed by atoms with van der Waals surface area (Å²) in [4.78, 5) is 1.27. The second-order valence-corrected chi connectivity index (χ2v) is 4.46. The summed E-state index contributed by atoms with van der Waals surface area (Å²) in [7, 11) is 0. The van der Waals surface area contributed by atoms with Crippen LogP contribution in [0.25, 0.3) is 0 Å². The molecule has 3 heteroatoms. The van der Waals surface area contributed by atoms with Gasteiger partial charge in [-0.05, 0) is 38.2 Å². The molecule has 0 fully saturated rings. The number of anilines is 1. The summed E-state index contributed by atoms with van der Waals surface area (Å²) in [6, 6.07) is 8.72. The number of para-hydroxylation sites is 1. The largest absolute Gasteiger partial charge is 0.396 e. The molecule has 0 amide bonds. The predicted octanol–water partition coefficient (Wildman–Crippen LogP) is 2.98. The number of nitrogens with one attached hydrogen (secondary N) is 1. The molecule has 0 aromatic heterocycles. The minimum absolute atomic E-state index is 0.274. The molecule has 0 saturated carbocycles. The molecule has 0 aliphatic rings. The molecule has 0 spiro atoms. The van der Waals surface area contributed by atoms with Gasteiger partial charge in [0.25, 0.3) is 0 Å². The lowest BCUT2D eigenvalue weighted by Crippen LogP contribution is -2.15. The third kappa shape index (κ3) is 4.14. The summed E-state index contributed by atoms with van der Waals surface area (Å²) in [5, 5.41) is 12.2. The molecule has 0 aliphatic carbocycles. The number of thioether (sulfide) groups is 1. The quantitative estimate of drug-likeness (QED) is 0.730. The zero-order chi connectivity index (χ0) is 11.1. The minimum atomic E-state index is 0.274. The molecule has 84 valence electrons. The van der Waals surface area contributed by atoms with Gasteiger partial charge < -0.3 is 10.4 Å². The summed E-state index contributed by atoms with van der Waals surface area (Å²) < 4.78 is 0. The van der Waals surface area contributed by atoms with E-state index >= 15 is 0 Å². The Kier molecular flexibility index (Phi) is 5.58. The van der Waals surface area contributed by atoms with Crippen molar-refractivity contribution in [3.05, 3.63) is 24.3 Å². The Labute approximate surface area is 96.1 Å². The van der Waals surface area contributed by atoms with E-state index in [0.717, 1.165) is 12.8 Å². The average Bonchev–Trinajstić information content (AvgIpc) is 2.27. The van der Waals surface area contributed by atoms with Crippen molar-refractivity contribution in [2.45, 2.75) is 30.7 Å². The van der Waals surface area contributed by atoms with Crippen molar-refractivity contribution in [1.29, 1.82) is 0 Å². The second kappa shape index (κ2) is 6.75. The van der Waals surface area contributed by atoms with E-state index in [1.54, 1.807) is 11.8 Å². The molecule has 1 aromatic rings. The summed E-state index contributed by atoms with van der Waals surface area (Å²) in [6.45, 7) is 2.42. The fraction of sp³-hybridized carbons (Fsp3) is 0.500. The Morgan fingerprint density at radius 2 is 2.13 bits per heavy atom. The molecule has 1 aromatic carbocycles. The maximum absolute atomic E-state index is 8.75. The number of rotatable bonds is 6. The summed E-state index contributed by atoms with van der Waals surface area (Å²) in [5.74, 6) is 0. The highest BCUT2D eigenvalue weighted by atomic mass is 32.2. The molecule has 0 saturated heterocycles. The highest BCUT2D eigenvalue weighted by molar-refractivity contribution is 7.98. The first-order chi connectivity index (χ1) is 7.27. The SMILES string of the molecule is CSc1ccccc1NC(C)CCCO. The lowest BCUT2D eigenvalue weighted by atomic mass is 10.2. The zero-order valence-electron chi connectivity index (χ0n) is 9.36. The second-order valence-electron chi connectivity index (χ2n) is 3.61. The molecule has 2 nitrogen and oxygen atoms in total. The Bertz CT molecular complexity index is 291. The topological polar surface area (TPSA) is 32.3 Å². The van der Waals surface area contributed by atoms with E-state index < -0.39 is 0 Å². The van der Waals surface area contributed by atoms with Gasteiger partial charge in [0.2, 0.25) is 0 Å². The fourth-order valence-corrected chi connectivity index (χ4v) is 2.06. The van der Waals surface area contributed by atoms with E-state index in [4.69, 9.17) is 5.11 Å². The molecule has 2 N–H and O–H groups in total. The summed E-state index contributed by atoms with van der Waals surface area (Å²) in [6.07, 6.45) is 3.94. The van der Waals surface area contributed by atoms with Gasteiger partial charge in [0.1, 0.15) is 0 Å². The van der Waals surface area contributed by atoms with E-state index in [9.17, 15) is 0 Å². The highest BCUT2D eigenvalue weighted by Crippen LogP contribution is 2.25. The number of hydrogen-bond acceptors (Lipinski definition) is 3. The van der Waals surface area contributed by atoms with Crippen molar-refractivity contribution >= 4 is 17.4 Å². The van der Waals surface area contributed by atoms with Gasteiger partial charge >= 0.3 is 0 Å². The molecular weight excluding hydrogens is 206 g/mol. The zero-order valence-corrected chi connectivity index (χ0v) is 10.2. The van der Waals surface area contributed by atoms with Gasteiger partial charge in [0, 0.05) is 23.2 Å². The maximum Gasteiger partial charge on any atom is 0.0480 e. The minimum Gasteiger partial charge on any atom is -0.396 e. The van der Waals surface area contributed by atoms with E-state index in [1.807, 2.05) is 6.07 Å². The predicted molar refractivity (Wildman–Crippen MR) is 67.6 cm³/mol. The van der Waals surface area contributed by atoms with Crippen LogP contribution in [0.1, 0.15) is 19.8 Å². The van der Waals surface area contributed by atoms with Gasteiger partial charge in [-0.1, -0.05) is 12.1 Å². The van der Waals surface area contributed by atoms with Crippen LogP contribution in [-0.2, 0) is 0 Å². The molecule has 0 radical (unpaired) electrons. The Hall–Kier alpha value is -0.670. The molecule has 15 heavy (non-hydrogen) atoms. The van der Waals surface area contributed by atoms with Gasteiger partial charge in [-0.15, -0.1) is 11.8 Å². The van der Waals surface area contributed by atoms with Gasteiger partial charge in [0.05, 0.1) is 0 Å². The van der Waals surface area contributed by atoms with E-state index in [-0.39, 0.29) is 6.61 Å². The van der Waals surface area contributed by atoms with Crippen LogP contribution in [0.5, 0.6) is 0 Å². The van der Waals surface area contributed by atoms with Crippen LogP contribution in [0, 0.1) is 0 Å². The number of aliphatic hydroxyl groups is 1. The van der Waals surface area contributed by atoms with E-state index in [2.05, 4.69) is 36.7 Å². The van der Waals surface area contributed by atoms with Crippen molar-refractivity contribution < 1.29 is 5.11 Å². The van der Waals surface area contributed by atoms with Gasteiger partial charge in [-0.25, -0.2) is 0 Å². The smallest absolute Gasteiger partial charge is 0.0480 e. The molecule has 1 unspecified atom stereocenters. The highest BCUT2D eigenvalue weighted by Gasteiger charge is 2.04. The summed E-state index contributed by atoms with van der Waals surface area (Å²) >= 11 is 1.75. The van der Waals surface area contributed by atoms with Crippen LogP contribution in [0.4, 0.5) is 5.69 Å². The standard InChI is InChI=1S/C12H19NOS/c1-10(6-5-9-14)13-11-7-3-4-8-12(11)15-2/h3-4,7-8,10,13-14H,5-6,9H2,1-2H3. The lowest BCUT2D eigenvalue weighted by Gasteiger charge is -2.16. The van der Waals surface area contributed by atoms with Crippen LogP contribution < -0.4 is 5.32 Å². The summed E-state index contributed by atoms with van der Waals surface area (Å²) in [5.41, 5.74) is 1.19. The van der Waals surface area contributed by atoms with Crippen LogP contribution in [0.3, 0.4) is 0 Å². The van der Waals surface area contributed by atoms with Crippen molar-refractivity contribution in [2.24, 2.45) is 0 Å². The molecule has 1 atom stereocenters. The van der Waals surface area contributed by atoms with Crippen molar-refractivity contribution in [3.8, 4) is 0 Å². The van der Waals surface area contributed by atoms with Crippen LogP contribution in [0.15, 0.2) is 29.2 Å². The van der Waals surface area contributed by atoms with Crippen LogP contribution in [0.2, 0.25) is 0 Å². The monoisotopic (exact) mass is 225 g/mol.